The maximum atomic E-state index is 14.3. The van der Waals surface area contributed by atoms with Gasteiger partial charge in [-0.3, -0.25) is 9.78 Å². The van der Waals surface area contributed by atoms with Gasteiger partial charge in [0.05, 0.1) is 30.4 Å². The Morgan fingerprint density at radius 1 is 1.04 bits per heavy atom. The first-order chi connectivity index (χ1) is 23.6. The van der Waals surface area contributed by atoms with Gasteiger partial charge in [-0.2, -0.15) is 0 Å². The van der Waals surface area contributed by atoms with Crippen LogP contribution in [0.15, 0.2) is 60.8 Å². The first kappa shape index (κ1) is 30.8. The average Bonchev–Trinajstić information content (AvgIpc) is 3.76. The maximum absolute atomic E-state index is 14.3. The van der Waals surface area contributed by atoms with E-state index in [0.29, 0.717) is 39.5 Å². The second-order valence-corrected chi connectivity index (χ2v) is 13.3. The summed E-state index contributed by atoms with van der Waals surface area (Å²) in [4.78, 5) is 35.9. The molecule has 0 spiro atoms. The third kappa shape index (κ3) is 5.32. The number of pyridine rings is 1. The number of benzene rings is 3. The van der Waals surface area contributed by atoms with Gasteiger partial charge in [0.1, 0.15) is 28.8 Å². The maximum Gasteiger partial charge on any atom is 0.341 e. The molecule has 0 radical (unpaired) electrons. The number of hydrogen-bond donors (Lipinski definition) is 3. The number of amides is 1. The lowest BCUT2D eigenvalue weighted by Gasteiger charge is -2.33. The van der Waals surface area contributed by atoms with Gasteiger partial charge >= 0.3 is 5.97 Å². The number of imidazole rings is 1. The van der Waals surface area contributed by atoms with Crippen LogP contribution in [0.3, 0.4) is 0 Å². The zero-order valence-electron chi connectivity index (χ0n) is 27.1. The van der Waals surface area contributed by atoms with E-state index in [4.69, 9.17) is 15.5 Å². The van der Waals surface area contributed by atoms with Crippen molar-refractivity contribution >= 4 is 44.7 Å². The fourth-order valence-electron chi connectivity index (χ4n) is 7.13. The van der Waals surface area contributed by atoms with Crippen LogP contribution >= 0.6 is 0 Å². The molecule has 1 saturated carbocycles. The van der Waals surface area contributed by atoms with Crippen LogP contribution in [0, 0.1) is 5.92 Å². The minimum Gasteiger partial charge on any atom is -0.506 e. The monoisotopic (exact) mass is 662 g/mol. The number of rotatable bonds is 7. The van der Waals surface area contributed by atoms with Gasteiger partial charge in [-0.25, -0.2) is 14.2 Å². The fourth-order valence-corrected chi connectivity index (χ4v) is 7.13. The number of ether oxygens (including phenoxy) is 1. The summed E-state index contributed by atoms with van der Waals surface area (Å²) in [5.74, 6) is -0.117. The molecule has 4 heterocycles. The Kier molecular flexibility index (Phi) is 7.29. The second-order valence-electron chi connectivity index (χ2n) is 13.3. The first-order valence-corrected chi connectivity index (χ1v) is 16.3. The van der Waals surface area contributed by atoms with Crippen molar-refractivity contribution in [3.05, 3.63) is 71.9 Å². The number of carboxylic acids is 1. The Balaban J connectivity index is 1.23. The molecule has 1 aliphatic carbocycles. The van der Waals surface area contributed by atoms with Crippen molar-refractivity contribution in [1.29, 1.82) is 0 Å². The highest BCUT2D eigenvalue weighted by Gasteiger charge is 2.30. The quantitative estimate of drug-likeness (QED) is 0.196. The lowest BCUT2D eigenvalue weighted by molar-refractivity contribution is 0.0606. The Labute approximate surface area is 280 Å². The molecule has 4 N–H and O–H groups in total. The highest BCUT2D eigenvalue weighted by Crippen LogP contribution is 2.40. The fraction of sp³-hybridized carbons (Fsp3) is 0.297. The highest BCUT2D eigenvalue weighted by atomic mass is 19.1. The molecule has 49 heavy (non-hydrogen) atoms. The van der Waals surface area contributed by atoms with Crippen molar-refractivity contribution < 1.29 is 28.9 Å². The van der Waals surface area contributed by atoms with Gasteiger partial charge in [0, 0.05) is 54.2 Å². The van der Waals surface area contributed by atoms with E-state index in [2.05, 4.69) is 27.8 Å². The summed E-state index contributed by atoms with van der Waals surface area (Å²) < 4.78 is 24.4. The van der Waals surface area contributed by atoms with E-state index in [1.54, 1.807) is 31.4 Å². The summed E-state index contributed by atoms with van der Waals surface area (Å²) in [6.45, 7) is 1.09. The lowest BCUT2D eigenvalue weighted by atomic mass is 10.0. The summed E-state index contributed by atoms with van der Waals surface area (Å²) in [5, 5.41) is 21.6. The molecule has 3 aromatic carbocycles. The Morgan fingerprint density at radius 3 is 2.55 bits per heavy atom. The number of piperidine rings is 1. The van der Waals surface area contributed by atoms with Gasteiger partial charge < -0.3 is 34.7 Å². The number of alkyl halides is 1. The third-order valence-electron chi connectivity index (χ3n) is 9.79. The normalized spacial score (nSPS) is 18.1. The van der Waals surface area contributed by atoms with Gasteiger partial charge in [0.2, 0.25) is 0 Å². The predicted octanol–water partition coefficient (Wildman–Crippen LogP) is 5.74. The van der Waals surface area contributed by atoms with Crippen LogP contribution in [0.2, 0.25) is 0 Å². The van der Waals surface area contributed by atoms with Crippen molar-refractivity contribution in [2.75, 3.05) is 20.2 Å². The zero-order chi connectivity index (χ0) is 34.1. The average molecular weight is 663 g/mol. The number of carbonyl (C=O) groups excluding carboxylic acids is 1. The molecule has 1 aliphatic heterocycles. The summed E-state index contributed by atoms with van der Waals surface area (Å²) >= 11 is 0. The number of halogens is 1. The molecule has 2 atom stereocenters. The molecule has 0 bridgehead atoms. The van der Waals surface area contributed by atoms with Crippen LogP contribution in [-0.4, -0.2) is 78.5 Å². The van der Waals surface area contributed by atoms with Crippen LogP contribution in [-0.2, 0) is 13.6 Å². The largest absolute Gasteiger partial charge is 0.506 e. The van der Waals surface area contributed by atoms with Gasteiger partial charge in [0.15, 0.2) is 5.82 Å². The number of carbonyl (C=O) groups is 2. The number of aromatic carboxylic acids is 1. The number of methoxy groups -OCH3 is 1. The molecule has 2 aliphatic rings. The molecule has 0 unspecified atom stereocenters. The van der Waals surface area contributed by atoms with Gasteiger partial charge in [-0.05, 0) is 72.7 Å². The van der Waals surface area contributed by atoms with Crippen molar-refractivity contribution in [2.45, 2.75) is 38.0 Å². The number of likely N-dealkylation sites (tertiary alicyclic amines) is 1. The Morgan fingerprint density at radius 2 is 1.82 bits per heavy atom. The Hall–Kier alpha value is -5.49. The number of nitrogens with two attached hydrogens (primary N) is 1. The number of carboxylic acid groups (broad SMARTS) is 1. The zero-order valence-corrected chi connectivity index (χ0v) is 27.1. The van der Waals surface area contributed by atoms with Crippen LogP contribution in [0.25, 0.3) is 55.5 Å². The Bertz CT molecular complexity index is 2320. The number of aryl methyl sites for hydroxylation is 1. The molecule has 1 saturated heterocycles. The molecule has 11 nitrogen and oxygen atoms in total. The third-order valence-corrected chi connectivity index (χ3v) is 9.79. The molecule has 2 fully saturated rings. The molecule has 1 amide bonds. The van der Waals surface area contributed by atoms with Crippen molar-refractivity contribution in [3.8, 4) is 34.1 Å². The van der Waals surface area contributed by atoms with Crippen LogP contribution in [0.1, 0.15) is 40.0 Å². The molecular formula is C37H35FN6O5. The first-order valence-electron chi connectivity index (χ1n) is 16.3. The molecule has 250 valence electrons. The molecule has 12 heteroatoms. The molecule has 8 rings (SSSR count). The van der Waals surface area contributed by atoms with Crippen LogP contribution in [0.5, 0.6) is 11.5 Å². The standard InChI is InChI=1S/C37H35FN6O5/c1-42-33-29(10-23(13-32(33)49-2)36(46)43-17-24(38)14-25(39)18-43)41-35(42)31-12-22-6-5-21(11-30(22)44(31)16-19-3-4-19)20-7-8-28-26(9-20)34(45)27(15-40-28)37(47)48/h5-13,15,19,24-25H,3-4,14,16-18,39H2,1-2H3,(H,40,45)(H,47,48)/t24-,25-/m1/s1. The summed E-state index contributed by atoms with van der Waals surface area (Å²) in [5.41, 5.74) is 11.6. The summed E-state index contributed by atoms with van der Waals surface area (Å²) in [7, 11) is 3.48. The SMILES string of the molecule is COc1cc(C(=O)N2C[C@H](N)C[C@@H](F)C2)cc2nc(-c3cc4ccc(-c5ccc6ncc(C(=O)O)c(O)c6c5)cc4n3CC3CC3)n(C)c12. The molecule has 3 aromatic heterocycles. The summed E-state index contributed by atoms with van der Waals surface area (Å²) in [6.07, 6.45) is 2.53. The highest BCUT2D eigenvalue weighted by molar-refractivity contribution is 6.01. The molecular weight excluding hydrogens is 627 g/mol. The lowest BCUT2D eigenvalue weighted by Crippen LogP contribution is -2.50. The minimum absolute atomic E-state index is 0.00421. The van der Waals surface area contributed by atoms with E-state index < -0.39 is 18.2 Å². The van der Waals surface area contributed by atoms with Gasteiger partial charge in [-0.15, -0.1) is 0 Å². The van der Waals surface area contributed by atoms with E-state index in [0.717, 1.165) is 52.6 Å². The van der Waals surface area contributed by atoms with Crippen molar-refractivity contribution in [3.63, 3.8) is 0 Å². The number of aromatic nitrogens is 4. The van der Waals surface area contributed by atoms with Crippen molar-refractivity contribution in [2.24, 2.45) is 18.7 Å². The second kappa shape index (κ2) is 11.6. The number of fused-ring (bicyclic) bond motifs is 3. The van der Waals surface area contributed by atoms with E-state index in [-0.39, 0.29) is 36.7 Å². The van der Waals surface area contributed by atoms with E-state index in [1.165, 1.54) is 11.1 Å². The van der Waals surface area contributed by atoms with Crippen LogP contribution in [0.4, 0.5) is 4.39 Å². The van der Waals surface area contributed by atoms with Crippen LogP contribution < -0.4 is 10.5 Å². The van der Waals surface area contributed by atoms with Gasteiger partial charge in [0.25, 0.3) is 5.91 Å². The van der Waals surface area contributed by atoms with E-state index in [1.807, 2.05) is 23.7 Å². The topological polar surface area (TPSA) is 149 Å². The number of aromatic hydroxyl groups is 1. The van der Waals surface area contributed by atoms with Crippen molar-refractivity contribution in [1.82, 2.24) is 24.0 Å². The van der Waals surface area contributed by atoms with Gasteiger partial charge in [-0.1, -0.05) is 18.2 Å². The van der Waals surface area contributed by atoms with E-state index >= 15 is 0 Å². The molecule has 6 aromatic rings. The number of nitrogens with zero attached hydrogens (tertiary/aromatic N) is 5. The minimum atomic E-state index is -1.24. The number of hydrogen-bond acceptors (Lipinski definition) is 7. The smallest absolute Gasteiger partial charge is 0.341 e. The van der Waals surface area contributed by atoms with E-state index in [9.17, 15) is 24.2 Å². The summed E-state index contributed by atoms with van der Waals surface area (Å²) in [6, 6.07) is 16.7. The predicted molar refractivity (Wildman–Crippen MR) is 184 cm³/mol.